The summed E-state index contributed by atoms with van der Waals surface area (Å²) >= 11 is 0. The maximum atomic E-state index is 14.0. The van der Waals surface area contributed by atoms with Gasteiger partial charge in [0.05, 0.1) is 18.4 Å². The maximum Gasteiger partial charge on any atom is 0.194 e. The van der Waals surface area contributed by atoms with Crippen LogP contribution >= 0.6 is 24.0 Å². The Labute approximate surface area is 187 Å². The lowest BCUT2D eigenvalue weighted by molar-refractivity contribution is 0.462. The number of guanidine groups is 1. The van der Waals surface area contributed by atoms with Crippen LogP contribution in [0.5, 0.6) is 0 Å². The van der Waals surface area contributed by atoms with E-state index in [2.05, 4.69) is 32.4 Å². The zero-order valence-corrected chi connectivity index (χ0v) is 18.8. The van der Waals surface area contributed by atoms with E-state index in [-0.39, 0.29) is 41.8 Å². The molecule has 0 bridgehead atoms. The second-order valence-electron chi connectivity index (χ2n) is 7.13. The third kappa shape index (κ3) is 4.95. The van der Waals surface area contributed by atoms with Crippen LogP contribution in [0.15, 0.2) is 65.8 Å². The normalized spacial score (nSPS) is 18.1. The summed E-state index contributed by atoms with van der Waals surface area (Å²) in [6, 6.07) is 17.3. The van der Waals surface area contributed by atoms with E-state index >= 15 is 0 Å². The molecule has 2 aromatic carbocycles. The molecule has 29 heavy (non-hydrogen) atoms. The molecule has 0 amide bonds. The van der Waals surface area contributed by atoms with Crippen molar-refractivity contribution in [3.63, 3.8) is 0 Å². The highest BCUT2D eigenvalue weighted by atomic mass is 127. The predicted octanol–water partition coefficient (Wildman–Crippen LogP) is 4.40. The number of aromatic amines is 1. The van der Waals surface area contributed by atoms with E-state index in [0.717, 1.165) is 35.0 Å². The molecule has 7 heteroatoms. The molecule has 152 valence electrons. The van der Waals surface area contributed by atoms with E-state index in [4.69, 9.17) is 0 Å². The van der Waals surface area contributed by atoms with Crippen LogP contribution in [0.1, 0.15) is 23.7 Å². The van der Waals surface area contributed by atoms with Crippen LogP contribution in [0.2, 0.25) is 0 Å². The lowest BCUT2D eigenvalue weighted by Gasteiger charge is -2.21. The first kappa shape index (κ1) is 21.3. The summed E-state index contributed by atoms with van der Waals surface area (Å²) in [5.41, 5.74) is 2.88. The fourth-order valence-corrected chi connectivity index (χ4v) is 3.49. The van der Waals surface area contributed by atoms with Crippen LogP contribution in [0.25, 0.3) is 11.3 Å². The quantitative estimate of drug-likeness (QED) is 0.307. The van der Waals surface area contributed by atoms with Crippen LogP contribution in [-0.4, -0.2) is 41.0 Å². The average molecular weight is 505 g/mol. The summed E-state index contributed by atoms with van der Waals surface area (Å²) < 4.78 is 14.0. The number of halogens is 2. The van der Waals surface area contributed by atoms with Crippen LogP contribution < -0.4 is 5.32 Å². The summed E-state index contributed by atoms with van der Waals surface area (Å²) in [5.74, 6) is 1.70. The van der Waals surface area contributed by atoms with Crippen molar-refractivity contribution in [3.8, 4) is 11.3 Å². The van der Waals surface area contributed by atoms with Crippen molar-refractivity contribution in [1.82, 2.24) is 20.2 Å². The van der Waals surface area contributed by atoms with Crippen molar-refractivity contribution in [2.45, 2.75) is 24.9 Å². The molecule has 0 saturated heterocycles. The van der Waals surface area contributed by atoms with Gasteiger partial charge in [-0.05, 0) is 23.6 Å². The highest BCUT2D eigenvalue weighted by Crippen LogP contribution is 2.41. The molecule has 4 rings (SSSR count). The first-order chi connectivity index (χ1) is 13.7. The molecule has 0 radical (unpaired) electrons. The lowest BCUT2D eigenvalue weighted by atomic mass is 10.1. The van der Waals surface area contributed by atoms with E-state index in [9.17, 15) is 4.39 Å². The van der Waals surface area contributed by atoms with E-state index in [1.165, 1.54) is 6.07 Å². The number of rotatable bonds is 5. The molecular formula is C22H25FIN5. The number of nitrogens with one attached hydrogen (secondary N) is 2. The van der Waals surface area contributed by atoms with Gasteiger partial charge in [-0.3, -0.25) is 4.99 Å². The van der Waals surface area contributed by atoms with Gasteiger partial charge in [0.25, 0.3) is 0 Å². The molecule has 2 N–H and O–H groups in total. The Morgan fingerprint density at radius 2 is 1.93 bits per heavy atom. The lowest BCUT2D eigenvalue weighted by Crippen LogP contribution is -2.40. The largest absolute Gasteiger partial charge is 0.353 e. The molecule has 3 aromatic rings. The number of nitrogens with zero attached hydrogens (tertiary/aromatic N) is 3. The molecule has 1 saturated carbocycles. The van der Waals surface area contributed by atoms with Crippen molar-refractivity contribution in [1.29, 1.82) is 0 Å². The molecule has 1 fully saturated rings. The van der Waals surface area contributed by atoms with Crippen LogP contribution in [-0.2, 0) is 6.54 Å². The van der Waals surface area contributed by atoms with Crippen LogP contribution in [0.4, 0.5) is 4.39 Å². The van der Waals surface area contributed by atoms with Gasteiger partial charge in [0, 0.05) is 26.1 Å². The molecule has 1 aliphatic carbocycles. The summed E-state index contributed by atoms with van der Waals surface area (Å²) in [5, 5.41) is 3.44. The van der Waals surface area contributed by atoms with Gasteiger partial charge < -0.3 is 15.2 Å². The van der Waals surface area contributed by atoms with Gasteiger partial charge in [0.2, 0.25) is 0 Å². The first-order valence-corrected chi connectivity index (χ1v) is 9.44. The third-order valence-electron chi connectivity index (χ3n) is 5.08. The van der Waals surface area contributed by atoms with Gasteiger partial charge in [-0.1, -0.05) is 48.5 Å². The molecule has 2 unspecified atom stereocenters. The fourth-order valence-electron chi connectivity index (χ4n) is 3.49. The minimum Gasteiger partial charge on any atom is -0.353 e. The van der Waals surface area contributed by atoms with Crippen molar-refractivity contribution >= 4 is 29.9 Å². The minimum atomic E-state index is -0.135. The Hall–Kier alpha value is -2.42. The van der Waals surface area contributed by atoms with Gasteiger partial charge in [0.1, 0.15) is 11.6 Å². The molecule has 0 aliphatic heterocycles. The highest BCUT2D eigenvalue weighted by Gasteiger charge is 2.40. The number of benzene rings is 2. The summed E-state index contributed by atoms with van der Waals surface area (Å²) in [6.45, 7) is 0.601. The van der Waals surface area contributed by atoms with Crippen molar-refractivity contribution in [2.75, 3.05) is 14.1 Å². The zero-order valence-electron chi connectivity index (χ0n) is 16.5. The number of aliphatic imine (C=N–C) groups is 1. The van der Waals surface area contributed by atoms with Gasteiger partial charge >= 0.3 is 0 Å². The number of hydrogen-bond donors (Lipinski definition) is 2. The Balaban J connectivity index is 0.00000240. The van der Waals surface area contributed by atoms with E-state index in [1.807, 2.05) is 48.5 Å². The minimum absolute atomic E-state index is 0. The number of hydrogen-bond acceptors (Lipinski definition) is 2. The fraction of sp³-hybridized carbons (Fsp3) is 0.273. The Bertz CT molecular complexity index is 972. The number of aromatic nitrogens is 2. The molecule has 5 nitrogen and oxygen atoms in total. The standard InChI is InChI=1S/C22H24FN5.HI/c1-24-22(27-19-12-17(19)16-10-6-7-11-18(16)23)28(2)14-21-25-13-20(26-21)15-8-4-3-5-9-15;/h3-11,13,17,19H,12,14H2,1-2H3,(H,24,27)(H,25,26);1H. The van der Waals surface area contributed by atoms with Gasteiger partial charge in [-0.2, -0.15) is 0 Å². The predicted molar refractivity (Wildman–Crippen MR) is 125 cm³/mol. The molecule has 1 aromatic heterocycles. The zero-order chi connectivity index (χ0) is 19.5. The van der Waals surface area contributed by atoms with Gasteiger partial charge in [-0.15, -0.1) is 24.0 Å². The highest BCUT2D eigenvalue weighted by molar-refractivity contribution is 14.0. The van der Waals surface area contributed by atoms with E-state index in [1.54, 1.807) is 13.1 Å². The average Bonchev–Trinajstić information content (AvgIpc) is 3.33. The van der Waals surface area contributed by atoms with E-state index in [0.29, 0.717) is 6.54 Å². The van der Waals surface area contributed by atoms with Crippen molar-refractivity contribution in [3.05, 3.63) is 78.0 Å². The monoisotopic (exact) mass is 505 g/mol. The molecular weight excluding hydrogens is 480 g/mol. The van der Waals surface area contributed by atoms with E-state index < -0.39 is 0 Å². The number of imidazole rings is 1. The first-order valence-electron chi connectivity index (χ1n) is 9.44. The van der Waals surface area contributed by atoms with Crippen molar-refractivity contribution < 1.29 is 4.39 Å². The molecule has 2 atom stereocenters. The van der Waals surface area contributed by atoms with Gasteiger partial charge in [-0.25, -0.2) is 9.37 Å². The SMILES string of the molecule is CN=C(NC1CC1c1ccccc1F)N(C)Cc1ncc(-c2ccccc2)[nH]1.I. The molecule has 1 heterocycles. The summed E-state index contributed by atoms with van der Waals surface area (Å²) in [7, 11) is 3.73. The smallest absolute Gasteiger partial charge is 0.194 e. The third-order valence-corrected chi connectivity index (χ3v) is 5.08. The second kappa shape index (κ2) is 9.39. The second-order valence-corrected chi connectivity index (χ2v) is 7.13. The summed E-state index contributed by atoms with van der Waals surface area (Å²) in [4.78, 5) is 14.2. The molecule has 0 spiro atoms. The Morgan fingerprint density at radius 3 is 2.66 bits per heavy atom. The van der Waals surface area contributed by atoms with Gasteiger partial charge in [0.15, 0.2) is 5.96 Å². The maximum absolute atomic E-state index is 14.0. The summed E-state index contributed by atoms with van der Waals surface area (Å²) in [6.07, 6.45) is 2.76. The van der Waals surface area contributed by atoms with Crippen LogP contribution in [0, 0.1) is 5.82 Å². The number of H-pyrrole nitrogens is 1. The topological polar surface area (TPSA) is 56.3 Å². The van der Waals surface area contributed by atoms with Crippen LogP contribution in [0.3, 0.4) is 0 Å². The van der Waals surface area contributed by atoms with Crippen molar-refractivity contribution in [2.24, 2.45) is 4.99 Å². The Morgan fingerprint density at radius 1 is 1.21 bits per heavy atom. The molecule has 1 aliphatic rings. The Kier molecular flexibility index (Phi) is 6.89.